The summed E-state index contributed by atoms with van der Waals surface area (Å²) in [5.74, 6) is 2.08. The molecule has 0 saturated heterocycles. The predicted molar refractivity (Wildman–Crippen MR) is 91.1 cm³/mol. The lowest BCUT2D eigenvalue weighted by Crippen LogP contribution is -2.47. The van der Waals surface area contributed by atoms with Gasteiger partial charge < -0.3 is 30.0 Å². The summed E-state index contributed by atoms with van der Waals surface area (Å²) in [7, 11) is 0. The van der Waals surface area contributed by atoms with Crippen LogP contribution in [0.2, 0.25) is 0 Å². The van der Waals surface area contributed by atoms with Gasteiger partial charge in [0, 0.05) is 0 Å². The molecule has 2 aromatic carbocycles. The average Bonchev–Trinajstić information content (AvgIpc) is 2.61. The van der Waals surface area contributed by atoms with Crippen molar-refractivity contribution >= 4 is 6.03 Å². The highest BCUT2D eigenvalue weighted by atomic mass is 16.6. The van der Waals surface area contributed by atoms with Crippen LogP contribution in [-0.2, 0) is 0 Å². The van der Waals surface area contributed by atoms with Gasteiger partial charge in [0.1, 0.15) is 18.1 Å². The summed E-state index contributed by atoms with van der Waals surface area (Å²) >= 11 is 0. The van der Waals surface area contributed by atoms with Crippen molar-refractivity contribution in [2.24, 2.45) is 0 Å². The molecule has 2 amide bonds. The van der Waals surface area contributed by atoms with E-state index in [2.05, 4.69) is 10.6 Å². The molecule has 0 radical (unpaired) electrons. The number of hydrogen-bond acceptors (Lipinski definition) is 5. The Morgan fingerprint density at radius 2 is 1.96 bits per heavy atom. The number of phenols is 1. The van der Waals surface area contributed by atoms with E-state index in [-0.39, 0.29) is 17.9 Å². The Labute approximate surface area is 145 Å². The predicted octanol–water partition coefficient (Wildman–Crippen LogP) is 2.26. The minimum absolute atomic E-state index is 0.155. The van der Waals surface area contributed by atoms with Gasteiger partial charge in [0.25, 0.3) is 0 Å². The highest BCUT2D eigenvalue weighted by Crippen LogP contribution is 2.30. The molecule has 25 heavy (non-hydrogen) atoms. The zero-order valence-electron chi connectivity index (χ0n) is 13.8. The van der Waals surface area contributed by atoms with Crippen LogP contribution in [0.5, 0.6) is 23.0 Å². The summed E-state index contributed by atoms with van der Waals surface area (Å²) in [5, 5.41) is 14.6. The first-order valence-corrected chi connectivity index (χ1v) is 7.98. The summed E-state index contributed by atoms with van der Waals surface area (Å²) in [4.78, 5) is 11.9. The van der Waals surface area contributed by atoms with Crippen LogP contribution in [0.1, 0.15) is 6.92 Å². The number of ether oxygens (including phenoxy) is 3. The van der Waals surface area contributed by atoms with Crippen LogP contribution in [0.3, 0.4) is 0 Å². The molecule has 3 rings (SSSR count). The molecule has 7 nitrogen and oxygen atoms in total. The number of para-hydroxylation sites is 2. The third-order valence-electron chi connectivity index (χ3n) is 3.54. The number of carbonyl (C=O) groups is 1. The molecule has 3 N–H and O–H groups in total. The number of rotatable bonds is 5. The topological polar surface area (TPSA) is 89.1 Å². The molecule has 1 aliphatic rings. The first-order chi connectivity index (χ1) is 12.1. The van der Waals surface area contributed by atoms with E-state index in [1.807, 2.05) is 24.3 Å². The smallest absolute Gasteiger partial charge is 0.317 e. The maximum absolute atomic E-state index is 11.9. The second kappa shape index (κ2) is 7.65. The van der Waals surface area contributed by atoms with E-state index in [9.17, 15) is 9.90 Å². The molecule has 0 aromatic heterocycles. The van der Waals surface area contributed by atoms with Crippen molar-refractivity contribution in [1.82, 2.24) is 10.6 Å². The van der Waals surface area contributed by atoms with Gasteiger partial charge in [-0.05, 0) is 43.3 Å². The Balaban J connectivity index is 1.41. The van der Waals surface area contributed by atoms with Gasteiger partial charge >= 0.3 is 6.03 Å². The molecule has 1 heterocycles. The van der Waals surface area contributed by atoms with Gasteiger partial charge in [0.15, 0.2) is 23.8 Å². The summed E-state index contributed by atoms with van der Waals surface area (Å²) < 4.78 is 16.9. The first-order valence-electron chi connectivity index (χ1n) is 7.98. The largest absolute Gasteiger partial charge is 0.508 e. The normalized spacial score (nSPS) is 16.6. The van der Waals surface area contributed by atoms with E-state index in [1.54, 1.807) is 19.1 Å². The molecule has 1 aliphatic heterocycles. The lowest BCUT2D eigenvalue weighted by atomic mass is 10.2. The number of hydrogen-bond donors (Lipinski definition) is 3. The Hall–Kier alpha value is -3.09. The molecule has 2 unspecified atom stereocenters. The lowest BCUT2D eigenvalue weighted by molar-refractivity contribution is 0.0910. The zero-order chi connectivity index (χ0) is 17.6. The van der Waals surface area contributed by atoms with Gasteiger partial charge in [0.05, 0.1) is 6.54 Å². The molecule has 2 aromatic rings. The fourth-order valence-corrected chi connectivity index (χ4v) is 2.36. The van der Waals surface area contributed by atoms with E-state index in [0.29, 0.717) is 30.4 Å². The third-order valence-corrected chi connectivity index (χ3v) is 3.54. The zero-order valence-corrected chi connectivity index (χ0v) is 13.8. The van der Waals surface area contributed by atoms with Gasteiger partial charge in [-0.3, -0.25) is 0 Å². The number of carbonyl (C=O) groups excluding carboxylic acids is 1. The van der Waals surface area contributed by atoms with Crippen LogP contribution in [0.4, 0.5) is 4.79 Å². The van der Waals surface area contributed by atoms with E-state index in [0.717, 1.165) is 0 Å². The standard InChI is InChI=1S/C18H20N2O5/c1-12(24-14-8-6-13(21)7-9-14)20-18(22)19-10-15-11-23-16-4-2-3-5-17(16)25-15/h2-9,12,15,21H,10-11H2,1H3,(H2,19,20,22). The van der Waals surface area contributed by atoms with E-state index < -0.39 is 6.23 Å². The molecular formula is C18H20N2O5. The molecule has 7 heteroatoms. The lowest BCUT2D eigenvalue weighted by Gasteiger charge is -2.26. The maximum Gasteiger partial charge on any atom is 0.317 e. The molecule has 0 aliphatic carbocycles. The molecule has 0 fully saturated rings. The second-order valence-corrected chi connectivity index (χ2v) is 5.61. The Morgan fingerprint density at radius 1 is 1.24 bits per heavy atom. The number of benzene rings is 2. The van der Waals surface area contributed by atoms with Crippen LogP contribution in [0.15, 0.2) is 48.5 Å². The number of amides is 2. The van der Waals surface area contributed by atoms with Crippen molar-refractivity contribution in [2.75, 3.05) is 13.2 Å². The van der Waals surface area contributed by atoms with E-state index in [1.165, 1.54) is 12.1 Å². The van der Waals surface area contributed by atoms with Crippen molar-refractivity contribution in [3.8, 4) is 23.0 Å². The third kappa shape index (κ3) is 4.69. The SMILES string of the molecule is CC(NC(=O)NCC1COc2ccccc2O1)Oc1ccc(O)cc1. The number of aromatic hydroxyl groups is 1. The minimum Gasteiger partial charge on any atom is -0.508 e. The van der Waals surface area contributed by atoms with E-state index >= 15 is 0 Å². The van der Waals surface area contributed by atoms with Gasteiger partial charge in [-0.1, -0.05) is 12.1 Å². The molecule has 132 valence electrons. The maximum atomic E-state index is 11.9. The van der Waals surface area contributed by atoms with E-state index in [4.69, 9.17) is 14.2 Å². The number of fused-ring (bicyclic) bond motifs is 1. The summed E-state index contributed by atoms with van der Waals surface area (Å²) in [6.07, 6.45) is -0.789. The summed E-state index contributed by atoms with van der Waals surface area (Å²) in [6.45, 7) is 2.39. The van der Waals surface area contributed by atoms with Crippen molar-refractivity contribution in [3.63, 3.8) is 0 Å². The van der Waals surface area contributed by atoms with Crippen LogP contribution < -0.4 is 24.8 Å². The summed E-state index contributed by atoms with van der Waals surface area (Å²) in [5.41, 5.74) is 0. The quantitative estimate of drug-likeness (QED) is 0.724. The van der Waals surface area contributed by atoms with Gasteiger partial charge in [-0.15, -0.1) is 0 Å². The minimum atomic E-state index is -0.534. The highest BCUT2D eigenvalue weighted by Gasteiger charge is 2.21. The molecular weight excluding hydrogens is 324 g/mol. The van der Waals surface area contributed by atoms with Crippen LogP contribution in [0.25, 0.3) is 0 Å². The highest BCUT2D eigenvalue weighted by molar-refractivity contribution is 5.74. The summed E-state index contributed by atoms with van der Waals surface area (Å²) in [6, 6.07) is 13.3. The monoisotopic (exact) mass is 344 g/mol. The second-order valence-electron chi connectivity index (χ2n) is 5.61. The molecule has 2 atom stereocenters. The van der Waals surface area contributed by atoms with Crippen LogP contribution in [0, 0.1) is 0 Å². The Morgan fingerprint density at radius 3 is 2.72 bits per heavy atom. The van der Waals surface area contributed by atoms with Crippen molar-refractivity contribution < 1.29 is 24.1 Å². The van der Waals surface area contributed by atoms with Gasteiger partial charge in [-0.25, -0.2) is 4.79 Å². The van der Waals surface area contributed by atoms with Crippen LogP contribution >= 0.6 is 0 Å². The van der Waals surface area contributed by atoms with Gasteiger partial charge in [0.2, 0.25) is 0 Å². The average molecular weight is 344 g/mol. The molecule has 0 spiro atoms. The van der Waals surface area contributed by atoms with Crippen molar-refractivity contribution in [1.29, 1.82) is 0 Å². The fourth-order valence-electron chi connectivity index (χ4n) is 2.36. The number of phenolic OH excluding ortho intramolecular Hbond substituents is 1. The van der Waals surface area contributed by atoms with Crippen molar-refractivity contribution in [2.45, 2.75) is 19.3 Å². The Bertz CT molecular complexity index is 720. The van der Waals surface area contributed by atoms with Crippen LogP contribution in [-0.4, -0.2) is 36.6 Å². The first kappa shape index (κ1) is 16.8. The number of urea groups is 1. The number of nitrogens with one attached hydrogen (secondary N) is 2. The Kier molecular flexibility index (Phi) is 5.13. The molecule has 0 saturated carbocycles. The van der Waals surface area contributed by atoms with Gasteiger partial charge in [-0.2, -0.15) is 0 Å². The molecule has 0 bridgehead atoms. The van der Waals surface area contributed by atoms with Crippen molar-refractivity contribution in [3.05, 3.63) is 48.5 Å². The fraction of sp³-hybridized carbons (Fsp3) is 0.278.